The molecule has 0 N–H and O–H groups in total. The average molecular weight is 835 g/mol. The molecule has 0 saturated heterocycles. The first kappa shape index (κ1) is 39.5. The van der Waals surface area contributed by atoms with E-state index in [0.29, 0.717) is 0 Å². The molecular formula is C62H58O2. The summed E-state index contributed by atoms with van der Waals surface area (Å²) in [7, 11) is 3.75. The molecule has 8 aromatic rings. The summed E-state index contributed by atoms with van der Waals surface area (Å²) in [6.45, 7) is 14.5. The van der Waals surface area contributed by atoms with Crippen LogP contribution in [0.1, 0.15) is 169 Å². The maximum absolute atomic E-state index is 6.74. The van der Waals surface area contributed by atoms with Crippen LogP contribution in [0.5, 0.6) is 11.5 Å². The molecule has 0 saturated carbocycles. The van der Waals surface area contributed by atoms with Gasteiger partial charge in [0.2, 0.25) is 0 Å². The molecule has 2 nitrogen and oxygen atoms in total. The van der Waals surface area contributed by atoms with Crippen LogP contribution in [0.2, 0.25) is 0 Å². The van der Waals surface area contributed by atoms with Crippen molar-refractivity contribution < 1.29 is 9.47 Å². The number of fused-ring (bicyclic) bond motifs is 2. The van der Waals surface area contributed by atoms with E-state index in [1.807, 2.05) is 14.2 Å². The first-order chi connectivity index (χ1) is 31.2. The molecular weight excluding hydrogens is 777 g/mol. The molecule has 0 amide bonds. The molecule has 8 aromatic carbocycles. The summed E-state index contributed by atoms with van der Waals surface area (Å²) in [6.07, 6.45) is 4.11. The highest BCUT2D eigenvalue weighted by Gasteiger charge is 2.53. The van der Waals surface area contributed by atoms with E-state index in [-0.39, 0.29) is 34.5 Å². The molecule has 0 fully saturated rings. The van der Waals surface area contributed by atoms with E-state index in [9.17, 15) is 0 Å². The number of rotatable bonds is 9. The third-order valence-electron chi connectivity index (χ3n) is 17.4. The van der Waals surface area contributed by atoms with Crippen LogP contribution in [0.15, 0.2) is 133 Å². The van der Waals surface area contributed by atoms with Crippen molar-refractivity contribution in [2.24, 2.45) is 0 Å². The number of benzene rings is 8. The maximum atomic E-state index is 6.74. The van der Waals surface area contributed by atoms with Crippen molar-refractivity contribution in [2.45, 2.75) is 102 Å². The normalized spacial score (nSPS) is 18.6. The second kappa shape index (κ2) is 14.2. The Hall–Kier alpha value is -6.12. The van der Waals surface area contributed by atoms with Gasteiger partial charge >= 0.3 is 0 Å². The molecule has 0 heterocycles. The molecule has 0 spiro atoms. The predicted molar refractivity (Wildman–Crippen MR) is 265 cm³/mol. The van der Waals surface area contributed by atoms with E-state index in [1.54, 1.807) is 5.56 Å². The van der Waals surface area contributed by atoms with Gasteiger partial charge in [-0.05, 0) is 172 Å². The maximum Gasteiger partial charge on any atom is 0.127 e. The van der Waals surface area contributed by atoms with Gasteiger partial charge in [-0.15, -0.1) is 0 Å². The largest absolute Gasteiger partial charge is 0.496 e. The lowest BCUT2D eigenvalue weighted by Gasteiger charge is -2.52. The Morgan fingerprint density at radius 1 is 0.391 bits per heavy atom. The lowest BCUT2D eigenvalue weighted by Crippen LogP contribution is -2.38. The molecule has 4 bridgehead atoms. The van der Waals surface area contributed by atoms with Crippen LogP contribution < -0.4 is 9.47 Å². The van der Waals surface area contributed by atoms with E-state index >= 15 is 0 Å². The van der Waals surface area contributed by atoms with Gasteiger partial charge in [0.1, 0.15) is 11.5 Å². The Labute approximate surface area is 379 Å². The fourth-order valence-corrected chi connectivity index (χ4v) is 13.3. The topological polar surface area (TPSA) is 18.5 Å². The third kappa shape index (κ3) is 5.09. The van der Waals surface area contributed by atoms with Crippen LogP contribution in [0.3, 0.4) is 0 Å². The SMILES string of the molecule is CCC(C)(CC)c1cc(OC)c(-c2c3c(c(C(C)(CC)CC)c4c2C2c5cc6ccccc6cc5C4c4cc5ccccc5cc42)C2c4ccccc4C3c3ccccc32)cc1OC. The zero-order valence-corrected chi connectivity index (χ0v) is 38.7. The van der Waals surface area contributed by atoms with Gasteiger partial charge in [-0.2, -0.15) is 0 Å². The van der Waals surface area contributed by atoms with Gasteiger partial charge in [0.15, 0.2) is 0 Å². The Morgan fingerprint density at radius 3 is 1.11 bits per heavy atom. The van der Waals surface area contributed by atoms with Crippen molar-refractivity contribution in [3.63, 3.8) is 0 Å². The predicted octanol–water partition coefficient (Wildman–Crippen LogP) is 15.8. The highest BCUT2D eigenvalue weighted by atomic mass is 16.5. The van der Waals surface area contributed by atoms with Crippen LogP contribution >= 0.6 is 0 Å². The van der Waals surface area contributed by atoms with Crippen LogP contribution in [0.4, 0.5) is 0 Å². The van der Waals surface area contributed by atoms with Crippen LogP contribution in [-0.2, 0) is 10.8 Å². The second-order valence-electron chi connectivity index (χ2n) is 19.8. The summed E-state index contributed by atoms with van der Waals surface area (Å²) in [4.78, 5) is 0. The molecule has 6 aliphatic rings. The van der Waals surface area contributed by atoms with Crippen LogP contribution in [-0.4, -0.2) is 14.2 Å². The Kier molecular flexibility index (Phi) is 8.75. The average Bonchev–Trinajstić information content (AvgIpc) is 3.35. The lowest BCUT2D eigenvalue weighted by molar-refractivity contribution is 0.367. The number of ether oxygens (including phenoxy) is 2. The fourth-order valence-electron chi connectivity index (χ4n) is 13.3. The molecule has 318 valence electrons. The van der Waals surface area contributed by atoms with Crippen molar-refractivity contribution in [1.82, 2.24) is 0 Å². The zero-order chi connectivity index (χ0) is 43.8. The van der Waals surface area contributed by atoms with Crippen LogP contribution in [0, 0.1) is 0 Å². The molecule has 0 atom stereocenters. The van der Waals surface area contributed by atoms with Gasteiger partial charge in [-0.25, -0.2) is 0 Å². The number of methoxy groups -OCH3 is 2. The minimum absolute atomic E-state index is 0.00842. The van der Waals surface area contributed by atoms with E-state index in [1.165, 1.54) is 99.4 Å². The molecule has 14 rings (SSSR count). The van der Waals surface area contributed by atoms with Crippen molar-refractivity contribution in [1.29, 1.82) is 0 Å². The van der Waals surface area contributed by atoms with Crippen molar-refractivity contribution in [3.05, 3.63) is 211 Å². The quantitative estimate of drug-likeness (QED) is 0.144. The number of hydrogen-bond donors (Lipinski definition) is 0. The Balaban J connectivity index is 1.33. The zero-order valence-electron chi connectivity index (χ0n) is 38.7. The van der Waals surface area contributed by atoms with E-state index in [0.717, 1.165) is 42.7 Å². The third-order valence-corrected chi connectivity index (χ3v) is 17.4. The monoisotopic (exact) mass is 834 g/mol. The Bertz CT molecular complexity index is 3110. The van der Waals surface area contributed by atoms with Gasteiger partial charge in [0, 0.05) is 34.8 Å². The molecule has 0 aromatic heterocycles. The standard InChI is InChI=1S/C62H58O2/c1-9-61(5,10-2)48-34-49(63-7)47(33-50(48)64-8)55-56-51-39-25-17-19-27-41(39)52(42-28-20-18-26-40(42)51)58(56)60(62(6,11-3)12-4)59-54-45-31-37-23-15-13-21-35(37)29-43(45)53(57(55)59)44-30-36-22-14-16-24-38(36)32-46(44)54/h13-34,51-54H,9-12H2,1-8H3. The van der Waals surface area contributed by atoms with E-state index < -0.39 is 0 Å². The van der Waals surface area contributed by atoms with Crippen molar-refractivity contribution in [2.75, 3.05) is 14.2 Å². The highest BCUT2D eigenvalue weighted by Crippen LogP contribution is 2.68. The summed E-state index contributed by atoms with van der Waals surface area (Å²) in [6, 6.07) is 51.8. The molecule has 0 radical (unpaired) electrons. The fraction of sp³-hybridized carbons (Fsp3) is 0.290. The summed E-state index contributed by atoms with van der Waals surface area (Å²) < 4.78 is 13.3. The molecule has 0 unspecified atom stereocenters. The molecule has 64 heavy (non-hydrogen) atoms. The molecule has 6 aliphatic carbocycles. The van der Waals surface area contributed by atoms with Crippen molar-refractivity contribution >= 4 is 21.5 Å². The van der Waals surface area contributed by atoms with Crippen LogP contribution in [0.25, 0.3) is 32.7 Å². The van der Waals surface area contributed by atoms with Gasteiger partial charge in [0.05, 0.1) is 14.2 Å². The van der Waals surface area contributed by atoms with Gasteiger partial charge in [-0.1, -0.05) is 139 Å². The van der Waals surface area contributed by atoms with E-state index in [4.69, 9.17) is 9.47 Å². The summed E-state index contributed by atoms with van der Waals surface area (Å²) in [5, 5.41) is 5.22. The second-order valence-corrected chi connectivity index (χ2v) is 19.8. The first-order valence-electron chi connectivity index (χ1n) is 24.0. The highest BCUT2D eigenvalue weighted by molar-refractivity contribution is 5.95. The lowest BCUT2D eigenvalue weighted by atomic mass is 9.50. The summed E-state index contributed by atoms with van der Waals surface area (Å²) in [5.41, 5.74) is 22.8. The van der Waals surface area contributed by atoms with Gasteiger partial charge < -0.3 is 9.47 Å². The van der Waals surface area contributed by atoms with Gasteiger partial charge in [0.25, 0.3) is 0 Å². The van der Waals surface area contributed by atoms with E-state index in [2.05, 4.69) is 175 Å². The summed E-state index contributed by atoms with van der Waals surface area (Å²) in [5.74, 6) is 2.10. The smallest absolute Gasteiger partial charge is 0.127 e. The first-order valence-corrected chi connectivity index (χ1v) is 24.0. The Morgan fingerprint density at radius 2 is 0.734 bits per heavy atom. The minimum atomic E-state index is -0.0880. The number of hydrogen-bond acceptors (Lipinski definition) is 2. The summed E-state index contributed by atoms with van der Waals surface area (Å²) >= 11 is 0. The molecule has 2 heteroatoms. The minimum Gasteiger partial charge on any atom is -0.496 e. The molecule has 0 aliphatic heterocycles. The van der Waals surface area contributed by atoms with Crippen molar-refractivity contribution in [3.8, 4) is 22.6 Å². The van der Waals surface area contributed by atoms with Gasteiger partial charge in [-0.3, -0.25) is 0 Å².